The third-order valence-electron chi connectivity index (χ3n) is 5.89. The van der Waals surface area contributed by atoms with Gasteiger partial charge in [-0.05, 0) is 53.7 Å². The van der Waals surface area contributed by atoms with Crippen LogP contribution in [0.4, 0.5) is 0 Å². The average molecular weight is 393 g/mol. The molecule has 1 nitrogen and oxygen atoms in total. The molecule has 2 rings (SSSR count). The van der Waals surface area contributed by atoms with Crippen molar-refractivity contribution < 1.29 is 4.79 Å². The van der Waals surface area contributed by atoms with Crippen molar-refractivity contribution in [1.29, 1.82) is 0 Å². The molecule has 0 heterocycles. The van der Waals surface area contributed by atoms with Gasteiger partial charge in [-0.15, -0.1) is 0 Å². The van der Waals surface area contributed by atoms with E-state index in [1.165, 1.54) is 36.0 Å². The number of carbonyl (C=O) groups excluding carboxylic acids is 1. The standard InChI is InChI=1S/C28H40O/c1-5-6-8-16-25(24-18-20-26(21-19-24)28(2,3)4)22-27(29)17-12-11-15-23-13-9-7-10-14-23/h7,9-10,13-14,18-21,25H,5-6,8,11-12,15-17,22H2,1-4H3. The third kappa shape index (κ3) is 8.56. The zero-order chi connectivity index (χ0) is 21.1. The van der Waals surface area contributed by atoms with E-state index >= 15 is 0 Å². The van der Waals surface area contributed by atoms with Crippen molar-refractivity contribution in [3.63, 3.8) is 0 Å². The van der Waals surface area contributed by atoms with Crippen molar-refractivity contribution in [3.05, 3.63) is 71.3 Å². The maximum atomic E-state index is 12.7. The molecule has 0 aliphatic carbocycles. The van der Waals surface area contributed by atoms with E-state index < -0.39 is 0 Å². The maximum absolute atomic E-state index is 12.7. The fourth-order valence-electron chi connectivity index (χ4n) is 3.96. The number of ketones is 1. The molecule has 0 saturated heterocycles. The highest BCUT2D eigenvalue weighted by molar-refractivity contribution is 5.79. The molecule has 0 aliphatic rings. The predicted octanol–water partition coefficient (Wildman–Crippen LogP) is 8.02. The molecule has 0 amide bonds. The summed E-state index contributed by atoms with van der Waals surface area (Å²) in [5.41, 5.74) is 4.24. The molecular formula is C28H40O. The fourth-order valence-corrected chi connectivity index (χ4v) is 3.96. The number of hydrogen-bond donors (Lipinski definition) is 0. The lowest BCUT2D eigenvalue weighted by Crippen LogP contribution is -2.12. The summed E-state index contributed by atoms with van der Waals surface area (Å²) in [4.78, 5) is 12.7. The second kappa shape index (κ2) is 12.0. The molecule has 158 valence electrons. The zero-order valence-electron chi connectivity index (χ0n) is 19.0. The molecule has 0 radical (unpaired) electrons. The van der Waals surface area contributed by atoms with Crippen LogP contribution in [0.1, 0.15) is 102 Å². The fraction of sp³-hybridized carbons (Fsp3) is 0.536. The molecule has 2 aromatic carbocycles. The van der Waals surface area contributed by atoms with E-state index in [4.69, 9.17) is 0 Å². The molecule has 1 heteroatoms. The van der Waals surface area contributed by atoms with E-state index in [0.717, 1.165) is 32.1 Å². The lowest BCUT2D eigenvalue weighted by molar-refractivity contribution is -0.119. The highest BCUT2D eigenvalue weighted by Crippen LogP contribution is 2.30. The molecule has 0 aliphatic heterocycles. The summed E-state index contributed by atoms with van der Waals surface area (Å²) < 4.78 is 0. The first-order valence-electron chi connectivity index (χ1n) is 11.6. The van der Waals surface area contributed by atoms with Crippen LogP contribution in [0, 0.1) is 0 Å². The number of aryl methyl sites for hydroxylation is 1. The summed E-state index contributed by atoms with van der Waals surface area (Å²) in [5, 5.41) is 0. The van der Waals surface area contributed by atoms with Gasteiger partial charge in [0.15, 0.2) is 0 Å². The van der Waals surface area contributed by atoms with Gasteiger partial charge in [-0.3, -0.25) is 4.79 Å². The third-order valence-corrected chi connectivity index (χ3v) is 5.89. The van der Waals surface area contributed by atoms with E-state index in [-0.39, 0.29) is 5.41 Å². The summed E-state index contributed by atoms with van der Waals surface area (Å²) in [6.45, 7) is 8.99. The van der Waals surface area contributed by atoms with Crippen LogP contribution in [0.5, 0.6) is 0 Å². The minimum Gasteiger partial charge on any atom is -0.300 e. The lowest BCUT2D eigenvalue weighted by atomic mass is 9.83. The Morgan fingerprint density at radius 3 is 2.17 bits per heavy atom. The summed E-state index contributed by atoms with van der Waals surface area (Å²) in [5.74, 6) is 0.802. The van der Waals surface area contributed by atoms with Gasteiger partial charge in [0.1, 0.15) is 5.78 Å². The van der Waals surface area contributed by atoms with Crippen molar-refractivity contribution in [2.45, 2.75) is 96.8 Å². The van der Waals surface area contributed by atoms with Gasteiger partial charge in [0.25, 0.3) is 0 Å². The normalized spacial score (nSPS) is 12.7. The van der Waals surface area contributed by atoms with Crippen molar-refractivity contribution in [2.24, 2.45) is 0 Å². The number of unbranched alkanes of at least 4 members (excludes halogenated alkanes) is 3. The summed E-state index contributed by atoms with van der Waals surface area (Å²) >= 11 is 0. The Bertz CT molecular complexity index is 706. The first-order chi connectivity index (χ1) is 13.9. The van der Waals surface area contributed by atoms with Gasteiger partial charge < -0.3 is 0 Å². The van der Waals surface area contributed by atoms with E-state index in [2.05, 4.69) is 82.3 Å². The van der Waals surface area contributed by atoms with E-state index in [9.17, 15) is 4.79 Å². The van der Waals surface area contributed by atoms with Crippen LogP contribution in [0.25, 0.3) is 0 Å². The first kappa shape index (κ1) is 23.4. The first-order valence-corrected chi connectivity index (χ1v) is 11.6. The van der Waals surface area contributed by atoms with Crippen LogP contribution in [-0.4, -0.2) is 5.78 Å². The molecule has 0 N–H and O–H groups in total. The van der Waals surface area contributed by atoms with Crippen LogP contribution in [0.2, 0.25) is 0 Å². The molecule has 1 unspecified atom stereocenters. The molecular weight excluding hydrogens is 352 g/mol. The van der Waals surface area contributed by atoms with E-state index in [1.807, 2.05) is 0 Å². The Hall–Kier alpha value is -1.89. The largest absolute Gasteiger partial charge is 0.300 e. The van der Waals surface area contributed by atoms with Crippen molar-refractivity contribution >= 4 is 5.78 Å². The van der Waals surface area contributed by atoms with Crippen molar-refractivity contribution in [1.82, 2.24) is 0 Å². The Morgan fingerprint density at radius 1 is 0.862 bits per heavy atom. The van der Waals surface area contributed by atoms with Crippen LogP contribution in [0.15, 0.2) is 54.6 Å². The topological polar surface area (TPSA) is 17.1 Å². The van der Waals surface area contributed by atoms with Gasteiger partial charge in [0, 0.05) is 12.8 Å². The maximum Gasteiger partial charge on any atom is 0.133 e. The molecule has 0 fully saturated rings. The Morgan fingerprint density at radius 2 is 1.55 bits per heavy atom. The second-order valence-corrected chi connectivity index (χ2v) is 9.50. The minimum atomic E-state index is 0.171. The Labute approximate surface area is 178 Å². The number of hydrogen-bond acceptors (Lipinski definition) is 1. The quantitative estimate of drug-likeness (QED) is 0.334. The highest BCUT2D eigenvalue weighted by atomic mass is 16.1. The summed E-state index contributed by atoms with van der Waals surface area (Å²) in [6.07, 6.45) is 9.39. The van der Waals surface area contributed by atoms with Gasteiger partial charge in [0.05, 0.1) is 0 Å². The predicted molar refractivity (Wildman–Crippen MR) is 126 cm³/mol. The number of rotatable bonds is 12. The molecule has 0 spiro atoms. The number of Topliss-reactive ketones (excluding diaryl/α,β-unsaturated/α-hetero) is 1. The number of carbonyl (C=O) groups is 1. The molecule has 2 aromatic rings. The summed E-state index contributed by atoms with van der Waals surface area (Å²) in [7, 11) is 0. The van der Waals surface area contributed by atoms with Gasteiger partial charge in [-0.2, -0.15) is 0 Å². The SMILES string of the molecule is CCCCCC(CC(=O)CCCCc1ccccc1)c1ccc(C(C)(C)C)cc1. The smallest absolute Gasteiger partial charge is 0.133 e. The second-order valence-electron chi connectivity index (χ2n) is 9.50. The minimum absolute atomic E-state index is 0.171. The van der Waals surface area contributed by atoms with Crippen LogP contribution in [-0.2, 0) is 16.6 Å². The Balaban J connectivity index is 1.88. The molecule has 0 aromatic heterocycles. The molecule has 29 heavy (non-hydrogen) atoms. The van der Waals surface area contributed by atoms with Crippen LogP contribution >= 0.6 is 0 Å². The van der Waals surface area contributed by atoms with Crippen molar-refractivity contribution in [3.8, 4) is 0 Å². The van der Waals surface area contributed by atoms with Crippen LogP contribution in [0.3, 0.4) is 0 Å². The van der Waals surface area contributed by atoms with Gasteiger partial charge in [0.2, 0.25) is 0 Å². The molecule has 0 saturated carbocycles. The average Bonchev–Trinajstić information content (AvgIpc) is 2.71. The van der Waals surface area contributed by atoms with Crippen LogP contribution < -0.4 is 0 Å². The highest BCUT2D eigenvalue weighted by Gasteiger charge is 2.18. The van der Waals surface area contributed by atoms with Gasteiger partial charge >= 0.3 is 0 Å². The zero-order valence-corrected chi connectivity index (χ0v) is 19.0. The number of benzene rings is 2. The van der Waals surface area contributed by atoms with Gasteiger partial charge in [-0.25, -0.2) is 0 Å². The molecule has 0 bridgehead atoms. The van der Waals surface area contributed by atoms with Crippen molar-refractivity contribution in [2.75, 3.05) is 0 Å². The monoisotopic (exact) mass is 392 g/mol. The van der Waals surface area contributed by atoms with Gasteiger partial charge in [-0.1, -0.05) is 102 Å². The summed E-state index contributed by atoms with van der Waals surface area (Å²) in [6, 6.07) is 19.6. The van der Waals surface area contributed by atoms with E-state index in [1.54, 1.807) is 0 Å². The molecule has 1 atom stereocenters. The van der Waals surface area contributed by atoms with E-state index in [0.29, 0.717) is 18.1 Å². The Kier molecular flexibility index (Phi) is 9.64. The lowest BCUT2D eigenvalue weighted by Gasteiger charge is -2.21.